The molecule has 7 heteroatoms. The molecule has 0 radical (unpaired) electrons. The average molecular weight is 293 g/mol. The van der Waals surface area contributed by atoms with Gasteiger partial charge in [0.05, 0.1) is 16.9 Å². The van der Waals surface area contributed by atoms with E-state index in [0.717, 1.165) is 12.3 Å². The third kappa shape index (κ3) is 2.57. The van der Waals surface area contributed by atoms with Crippen LogP contribution in [0.5, 0.6) is 0 Å². The van der Waals surface area contributed by atoms with Gasteiger partial charge in [0.1, 0.15) is 11.5 Å². The lowest BCUT2D eigenvalue weighted by atomic mass is 10.1. The Hall–Kier alpha value is -1.33. The number of aromatic nitrogens is 2. The van der Waals surface area contributed by atoms with Crippen molar-refractivity contribution < 1.29 is 13.2 Å². The largest absolute Gasteiger partial charge is 0.283 e. The maximum atomic E-state index is 12.9. The number of halogens is 5. The minimum atomic E-state index is -2.80. The van der Waals surface area contributed by atoms with Crippen molar-refractivity contribution in [3.63, 3.8) is 0 Å². The first-order valence-corrected chi connectivity index (χ1v) is 5.50. The van der Waals surface area contributed by atoms with Crippen LogP contribution in [0, 0.1) is 5.82 Å². The highest BCUT2D eigenvalue weighted by atomic mass is 35.5. The highest BCUT2D eigenvalue weighted by Gasteiger charge is 2.16. The molecular weight excluding hydrogens is 288 g/mol. The molecule has 0 unspecified atom stereocenters. The summed E-state index contributed by atoms with van der Waals surface area (Å²) in [5.41, 5.74) is -0.0265. The van der Waals surface area contributed by atoms with Crippen LogP contribution in [0.15, 0.2) is 24.4 Å². The van der Waals surface area contributed by atoms with Crippen molar-refractivity contribution >= 4 is 23.2 Å². The molecule has 0 atom stereocenters. The van der Waals surface area contributed by atoms with Gasteiger partial charge in [-0.05, 0) is 18.2 Å². The van der Waals surface area contributed by atoms with Crippen LogP contribution in [0.2, 0.25) is 10.2 Å². The van der Waals surface area contributed by atoms with Crippen LogP contribution in [0.4, 0.5) is 13.2 Å². The number of hydrogen-bond donors (Lipinski definition) is 0. The summed E-state index contributed by atoms with van der Waals surface area (Å²) in [6.45, 7) is 0. The third-order valence-electron chi connectivity index (χ3n) is 2.17. The zero-order valence-corrected chi connectivity index (χ0v) is 10.2. The van der Waals surface area contributed by atoms with E-state index in [2.05, 4.69) is 9.97 Å². The van der Waals surface area contributed by atoms with E-state index >= 15 is 0 Å². The third-order valence-corrected chi connectivity index (χ3v) is 2.76. The second-order valence-corrected chi connectivity index (χ2v) is 4.12. The summed E-state index contributed by atoms with van der Waals surface area (Å²) in [7, 11) is 0. The number of rotatable bonds is 2. The smallest absolute Gasteiger partial charge is 0.250 e. The summed E-state index contributed by atoms with van der Waals surface area (Å²) in [5.74, 6) is -0.507. The summed E-state index contributed by atoms with van der Waals surface area (Å²) in [6.07, 6.45) is -1.69. The van der Waals surface area contributed by atoms with E-state index in [0.29, 0.717) is 5.56 Å². The molecule has 1 heterocycles. The fourth-order valence-electron chi connectivity index (χ4n) is 1.35. The molecule has 0 saturated heterocycles. The SMILES string of the molecule is Fc1ccc(-c2cnc(C(F)F)c(Cl)n2)c(Cl)c1. The number of nitrogens with zero attached hydrogens (tertiary/aromatic N) is 2. The highest BCUT2D eigenvalue weighted by molar-refractivity contribution is 6.33. The van der Waals surface area contributed by atoms with Gasteiger partial charge in [-0.25, -0.2) is 23.1 Å². The van der Waals surface area contributed by atoms with Crippen molar-refractivity contribution in [2.75, 3.05) is 0 Å². The van der Waals surface area contributed by atoms with Crippen molar-refractivity contribution in [3.05, 3.63) is 46.1 Å². The van der Waals surface area contributed by atoms with E-state index < -0.39 is 23.1 Å². The molecule has 0 fully saturated rings. The molecule has 1 aromatic carbocycles. The van der Waals surface area contributed by atoms with E-state index in [4.69, 9.17) is 23.2 Å². The van der Waals surface area contributed by atoms with Gasteiger partial charge in [0, 0.05) is 5.56 Å². The average Bonchev–Trinajstić information content (AvgIpc) is 2.28. The van der Waals surface area contributed by atoms with Gasteiger partial charge in [-0.3, -0.25) is 0 Å². The van der Waals surface area contributed by atoms with Crippen LogP contribution in [0.25, 0.3) is 11.3 Å². The van der Waals surface area contributed by atoms with Crippen LogP contribution in [0.3, 0.4) is 0 Å². The quantitative estimate of drug-likeness (QED) is 0.813. The minimum Gasteiger partial charge on any atom is -0.250 e. The zero-order chi connectivity index (χ0) is 13.3. The molecule has 0 N–H and O–H groups in total. The van der Waals surface area contributed by atoms with Gasteiger partial charge in [-0.1, -0.05) is 23.2 Å². The molecule has 0 aliphatic heterocycles. The van der Waals surface area contributed by atoms with E-state index in [9.17, 15) is 13.2 Å². The molecular formula is C11H5Cl2F3N2. The fourth-order valence-corrected chi connectivity index (χ4v) is 1.84. The summed E-state index contributed by atoms with van der Waals surface area (Å²) >= 11 is 11.4. The van der Waals surface area contributed by atoms with E-state index in [1.807, 2.05) is 0 Å². The lowest BCUT2D eigenvalue weighted by Gasteiger charge is -2.06. The maximum Gasteiger partial charge on any atom is 0.283 e. The van der Waals surface area contributed by atoms with Gasteiger partial charge in [-0.15, -0.1) is 0 Å². The number of benzene rings is 1. The minimum absolute atomic E-state index is 0.102. The Kier molecular flexibility index (Phi) is 3.73. The Morgan fingerprint density at radius 2 is 1.89 bits per heavy atom. The van der Waals surface area contributed by atoms with E-state index in [-0.39, 0.29) is 10.7 Å². The van der Waals surface area contributed by atoms with Crippen LogP contribution in [-0.4, -0.2) is 9.97 Å². The van der Waals surface area contributed by atoms with Gasteiger partial charge in [0.25, 0.3) is 6.43 Å². The normalized spacial score (nSPS) is 11.0. The summed E-state index contributed by atoms with van der Waals surface area (Å²) < 4.78 is 37.7. The van der Waals surface area contributed by atoms with Crippen LogP contribution in [-0.2, 0) is 0 Å². The first-order valence-electron chi connectivity index (χ1n) is 4.75. The molecule has 0 spiro atoms. The number of hydrogen-bond acceptors (Lipinski definition) is 2. The predicted molar refractivity (Wildman–Crippen MR) is 62.4 cm³/mol. The summed E-state index contributed by atoms with van der Waals surface area (Å²) in [5, 5.41) is -0.298. The van der Waals surface area contributed by atoms with Crippen LogP contribution in [0.1, 0.15) is 12.1 Å². The van der Waals surface area contributed by atoms with Gasteiger partial charge in [-0.2, -0.15) is 0 Å². The molecule has 1 aromatic heterocycles. The van der Waals surface area contributed by atoms with Gasteiger partial charge in [0.2, 0.25) is 0 Å². The Morgan fingerprint density at radius 1 is 1.17 bits per heavy atom. The van der Waals surface area contributed by atoms with Crippen LogP contribution >= 0.6 is 23.2 Å². The standard InChI is InChI=1S/C11H5Cl2F3N2/c12-7-3-5(14)1-2-6(7)8-4-17-9(11(15)16)10(13)18-8/h1-4,11H. The molecule has 0 bridgehead atoms. The van der Waals surface area contributed by atoms with Crippen molar-refractivity contribution in [2.45, 2.75) is 6.43 Å². The number of alkyl halides is 2. The van der Waals surface area contributed by atoms with Gasteiger partial charge in [0.15, 0.2) is 5.15 Å². The lowest BCUT2D eigenvalue weighted by Crippen LogP contribution is -1.96. The van der Waals surface area contributed by atoms with Gasteiger partial charge >= 0.3 is 0 Å². The van der Waals surface area contributed by atoms with Gasteiger partial charge < -0.3 is 0 Å². The Balaban J connectivity index is 2.49. The van der Waals surface area contributed by atoms with E-state index in [1.165, 1.54) is 12.1 Å². The topological polar surface area (TPSA) is 25.8 Å². The monoisotopic (exact) mass is 292 g/mol. The molecule has 2 rings (SSSR count). The van der Waals surface area contributed by atoms with Crippen molar-refractivity contribution in [2.24, 2.45) is 0 Å². The highest BCUT2D eigenvalue weighted by Crippen LogP contribution is 2.30. The molecule has 0 aliphatic carbocycles. The molecule has 0 saturated carbocycles. The van der Waals surface area contributed by atoms with Crippen molar-refractivity contribution in [1.82, 2.24) is 9.97 Å². The molecule has 18 heavy (non-hydrogen) atoms. The molecule has 0 aliphatic rings. The second kappa shape index (κ2) is 5.12. The molecule has 0 amide bonds. The molecule has 2 aromatic rings. The Bertz CT molecular complexity index is 590. The molecule has 94 valence electrons. The fraction of sp³-hybridized carbons (Fsp3) is 0.0909. The summed E-state index contributed by atoms with van der Waals surface area (Å²) in [6, 6.07) is 3.64. The van der Waals surface area contributed by atoms with E-state index in [1.54, 1.807) is 0 Å². The maximum absolute atomic E-state index is 12.9. The molecule has 2 nitrogen and oxygen atoms in total. The van der Waals surface area contributed by atoms with Crippen molar-refractivity contribution in [3.8, 4) is 11.3 Å². The van der Waals surface area contributed by atoms with Crippen molar-refractivity contribution in [1.29, 1.82) is 0 Å². The second-order valence-electron chi connectivity index (χ2n) is 3.36. The first kappa shape index (κ1) is 13.1. The van der Waals surface area contributed by atoms with Crippen LogP contribution < -0.4 is 0 Å². The Morgan fingerprint density at radius 3 is 2.44 bits per heavy atom. The Labute approximate surface area is 110 Å². The predicted octanol–water partition coefficient (Wildman–Crippen LogP) is 4.53. The first-order chi connectivity index (χ1) is 8.49. The summed E-state index contributed by atoms with van der Waals surface area (Å²) in [4.78, 5) is 7.29. The zero-order valence-electron chi connectivity index (χ0n) is 8.67. The lowest BCUT2D eigenvalue weighted by molar-refractivity contribution is 0.146.